The lowest BCUT2D eigenvalue weighted by molar-refractivity contribution is 0.0740. The lowest BCUT2D eigenvalue weighted by atomic mass is 10.2. The molecule has 1 aromatic carbocycles. The second-order valence-corrected chi connectivity index (χ2v) is 6.57. The van der Waals surface area contributed by atoms with Gasteiger partial charge in [-0.3, -0.25) is 4.79 Å². The maximum atomic E-state index is 12.7. The molecule has 3 aromatic rings. The molecule has 1 aliphatic heterocycles. The molecule has 3 heterocycles. The van der Waals surface area contributed by atoms with Gasteiger partial charge >= 0.3 is 0 Å². The fourth-order valence-electron chi connectivity index (χ4n) is 3.12. The third kappa shape index (κ3) is 4.30. The molecular weight excluding hydrogens is 366 g/mol. The first-order valence-corrected chi connectivity index (χ1v) is 9.27. The maximum absolute atomic E-state index is 12.7. The van der Waals surface area contributed by atoms with Crippen molar-refractivity contribution in [3.8, 4) is 6.07 Å². The van der Waals surface area contributed by atoms with Crippen LogP contribution in [0.25, 0.3) is 0 Å². The zero-order valence-electron chi connectivity index (χ0n) is 15.7. The van der Waals surface area contributed by atoms with Gasteiger partial charge in [0, 0.05) is 44.3 Å². The smallest absolute Gasteiger partial charge is 0.272 e. The molecule has 0 bridgehead atoms. The Morgan fingerprint density at radius 3 is 2.24 bits per heavy atom. The SMILES string of the molecule is N#Cc1ccc(Nc2ccc(C(=O)N3CCN(c4ncccn4)CC3)nc2)cc1. The first-order chi connectivity index (χ1) is 14.2. The summed E-state index contributed by atoms with van der Waals surface area (Å²) in [5.41, 5.74) is 2.65. The number of hydrogen-bond acceptors (Lipinski definition) is 7. The van der Waals surface area contributed by atoms with E-state index in [2.05, 4.69) is 31.2 Å². The van der Waals surface area contributed by atoms with Crippen LogP contribution in [0.1, 0.15) is 16.1 Å². The van der Waals surface area contributed by atoms with Crippen LogP contribution in [0.2, 0.25) is 0 Å². The van der Waals surface area contributed by atoms with E-state index in [1.54, 1.807) is 47.8 Å². The van der Waals surface area contributed by atoms with E-state index in [1.165, 1.54) is 0 Å². The number of nitrogens with one attached hydrogen (secondary N) is 1. The number of nitrogens with zero attached hydrogens (tertiary/aromatic N) is 6. The molecule has 1 saturated heterocycles. The summed E-state index contributed by atoms with van der Waals surface area (Å²) in [6.07, 6.45) is 5.08. The quantitative estimate of drug-likeness (QED) is 0.736. The minimum Gasteiger partial charge on any atom is -0.354 e. The number of amides is 1. The molecule has 8 heteroatoms. The van der Waals surface area contributed by atoms with Crippen molar-refractivity contribution in [2.75, 3.05) is 36.4 Å². The summed E-state index contributed by atoms with van der Waals surface area (Å²) in [5.74, 6) is 0.611. The van der Waals surface area contributed by atoms with Crippen molar-refractivity contribution in [1.29, 1.82) is 5.26 Å². The number of aromatic nitrogens is 3. The summed E-state index contributed by atoms with van der Waals surface area (Å²) in [5, 5.41) is 12.1. The standard InChI is InChI=1S/C21H19N7O/c22-14-16-2-4-17(5-3-16)26-18-6-7-19(25-15-18)20(29)27-10-12-28(13-11-27)21-23-8-1-9-24-21/h1-9,15,26H,10-13H2. The average molecular weight is 385 g/mol. The molecule has 0 radical (unpaired) electrons. The van der Waals surface area contributed by atoms with Gasteiger partial charge in [-0.05, 0) is 42.5 Å². The summed E-state index contributed by atoms with van der Waals surface area (Å²) < 4.78 is 0. The van der Waals surface area contributed by atoms with E-state index in [0.29, 0.717) is 43.4 Å². The van der Waals surface area contributed by atoms with Crippen LogP contribution in [-0.2, 0) is 0 Å². The van der Waals surface area contributed by atoms with Crippen LogP contribution in [-0.4, -0.2) is 51.9 Å². The number of hydrogen-bond donors (Lipinski definition) is 1. The summed E-state index contributed by atoms with van der Waals surface area (Å²) >= 11 is 0. The van der Waals surface area contributed by atoms with Crippen LogP contribution in [0.3, 0.4) is 0 Å². The van der Waals surface area contributed by atoms with E-state index in [-0.39, 0.29) is 5.91 Å². The van der Waals surface area contributed by atoms with Gasteiger partial charge < -0.3 is 15.1 Å². The highest BCUT2D eigenvalue weighted by Gasteiger charge is 2.24. The predicted molar refractivity (Wildman–Crippen MR) is 109 cm³/mol. The van der Waals surface area contributed by atoms with Crippen molar-refractivity contribution >= 4 is 23.2 Å². The molecule has 4 rings (SSSR count). The van der Waals surface area contributed by atoms with Crippen molar-refractivity contribution in [3.63, 3.8) is 0 Å². The molecule has 144 valence electrons. The number of carbonyl (C=O) groups is 1. The Balaban J connectivity index is 1.35. The number of anilines is 3. The summed E-state index contributed by atoms with van der Waals surface area (Å²) in [6.45, 7) is 2.58. The van der Waals surface area contributed by atoms with Crippen molar-refractivity contribution in [2.24, 2.45) is 0 Å². The van der Waals surface area contributed by atoms with E-state index >= 15 is 0 Å². The van der Waals surface area contributed by atoms with Gasteiger partial charge in [-0.1, -0.05) is 0 Å². The second-order valence-electron chi connectivity index (χ2n) is 6.57. The zero-order valence-corrected chi connectivity index (χ0v) is 15.7. The number of nitriles is 1. The van der Waals surface area contributed by atoms with Gasteiger partial charge in [-0.2, -0.15) is 5.26 Å². The fraction of sp³-hybridized carbons (Fsp3) is 0.190. The second kappa shape index (κ2) is 8.35. The van der Waals surface area contributed by atoms with Gasteiger partial charge in [-0.25, -0.2) is 15.0 Å². The molecule has 1 N–H and O–H groups in total. The molecule has 29 heavy (non-hydrogen) atoms. The molecule has 1 aliphatic rings. The number of carbonyl (C=O) groups excluding carboxylic acids is 1. The number of benzene rings is 1. The van der Waals surface area contributed by atoms with Crippen molar-refractivity contribution in [2.45, 2.75) is 0 Å². The minimum atomic E-state index is -0.0800. The van der Waals surface area contributed by atoms with Crippen LogP contribution in [0.4, 0.5) is 17.3 Å². The Bertz CT molecular complexity index is 1010. The van der Waals surface area contributed by atoms with Crippen LogP contribution < -0.4 is 10.2 Å². The van der Waals surface area contributed by atoms with Crippen LogP contribution in [0.15, 0.2) is 61.1 Å². The largest absolute Gasteiger partial charge is 0.354 e. The Kier molecular flexibility index (Phi) is 5.29. The fourth-order valence-corrected chi connectivity index (χ4v) is 3.12. The van der Waals surface area contributed by atoms with Gasteiger partial charge in [0.05, 0.1) is 23.5 Å². The molecule has 0 saturated carbocycles. The Morgan fingerprint density at radius 1 is 0.931 bits per heavy atom. The van der Waals surface area contributed by atoms with Gasteiger partial charge in [0.2, 0.25) is 5.95 Å². The molecular formula is C21H19N7O. The predicted octanol–water partition coefficient (Wildman–Crippen LogP) is 2.45. The first kappa shape index (κ1) is 18.4. The first-order valence-electron chi connectivity index (χ1n) is 9.27. The molecule has 1 amide bonds. The van der Waals surface area contributed by atoms with Gasteiger partial charge in [0.25, 0.3) is 5.91 Å². The Morgan fingerprint density at radius 2 is 1.62 bits per heavy atom. The molecule has 0 atom stereocenters. The van der Waals surface area contributed by atoms with Crippen molar-refractivity contribution in [3.05, 3.63) is 72.3 Å². The zero-order chi connectivity index (χ0) is 20.1. The highest BCUT2D eigenvalue weighted by Crippen LogP contribution is 2.17. The average Bonchev–Trinajstić information content (AvgIpc) is 2.80. The van der Waals surface area contributed by atoms with Crippen molar-refractivity contribution in [1.82, 2.24) is 19.9 Å². The maximum Gasteiger partial charge on any atom is 0.272 e. The van der Waals surface area contributed by atoms with Gasteiger partial charge in [0.1, 0.15) is 5.69 Å². The topological polar surface area (TPSA) is 98.0 Å². The van der Waals surface area contributed by atoms with E-state index in [1.807, 2.05) is 18.2 Å². The molecule has 0 aliphatic carbocycles. The highest BCUT2D eigenvalue weighted by molar-refractivity contribution is 5.92. The lowest BCUT2D eigenvalue weighted by Crippen LogP contribution is -2.49. The molecule has 0 unspecified atom stereocenters. The van der Waals surface area contributed by atoms with E-state index in [4.69, 9.17) is 5.26 Å². The van der Waals surface area contributed by atoms with Gasteiger partial charge in [-0.15, -0.1) is 0 Å². The number of piperazine rings is 1. The molecule has 2 aromatic heterocycles. The highest BCUT2D eigenvalue weighted by atomic mass is 16.2. The van der Waals surface area contributed by atoms with Crippen LogP contribution in [0.5, 0.6) is 0 Å². The number of rotatable bonds is 4. The third-order valence-electron chi connectivity index (χ3n) is 4.69. The van der Waals surface area contributed by atoms with E-state index < -0.39 is 0 Å². The molecule has 0 spiro atoms. The normalized spacial score (nSPS) is 13.6. The summed E-state index contributed by atoms with van der Waals surface area (Å²) in [7, 11) is 0. The monoisotopic (exact) mass is 385 g/mol. The Labute approximate surface area is 168 Å². The molecule has 1 fully saturated rings. The molecule has 8 nitrogen and oxygen atoms in total. The Hall–Kier alpha value is -3.99. The number of pyridine rings is 1. The minimum absolute atomic E-state index is 0.0800. The van der Waals surface area contributed by atoms with Crippen LogP contribution in [0, 0.1) is 11.3 Å². The third-order valence-corrected chi connectivity index (χ3v) is 4.69. The lowest BCUT2D eigenvalue weighted by Gasteiger charge is -2.34. The van der Waals surface area contributed by atoms with Gasteiger partial charge in [0.15, 0.2) is 0 Å². The summed E-state index contributed by atoms with van der Waals surface area (Å²) in [4.78, 5) is 29.5. The van der Waals surface area contributed by atoms with E-state index in [9.17, 15) is 4.79 Å². The van der Waals surface area contributed by atoms with E-state index in [0.717, 1.165) is 11.4 Å². The summed E-state index contributed by atoms with van der Waals surface area (Å²) in [6, 6.07) is 14.6. The van der Waals surface area contributed by atoms with Crippen LogP contribution >= 0.6 is 0 Å². The van der Waals surface area contributed by atoms with Crippen molar-refractivity contribution < 1.29 is 4.79 Å².